The van der Waals surface area contributed by atoms with Crippen molar-refractivity contribution < 1.29 is 18.6 Å². The second-order valence-corrected chi connectivity index (χ2v) is 4.53. The van der Waals surface area contributed by atoms with Gasteiger partial charge in [0, 0.05) is 24.1 Å². The summed E-state index contributed by atoms with van der Waals surface area (Å²) in [6, 6.07) is 8.53. The van der Waals surface area contributed by atoms with Gasteiger partial charge in [0.05, 0.1) is 19.8 Å². The molecule has 0 unspecified atom stereocenters. The van der Waals surface area contributed by atoms with Gasteiger partial charge in [-0.1, -0.05) is 6.92 Å². The molecule has 5 heteroatoms. The molecule has 0 bridgehead atoms. The fourth-order valence-electron chi connectivity index (χ4n) is 1.82. The van der Waals surface area contributed by atoms with Gasteiger partial charge in [-0.3, -0.25) is 0 Å². The molecule has 1 aromatic heterocycles. The molecular formula is C16H20O5. The highest BCUT2D eigenvalue weighted by molar-refractivity contribution is 5.77. The van der Waals surface area contributed by atoms with Crippen molar-refractivity contribution in [1.29, 1.82) is 0 Å². The fraction of sp³-hybridized carbons (Fsp3) is 0.438. The quantitative estimate of drug-likeness (QED) is 0.525. The number of hydrogen-bond donors (Lipinski definition) is 0. The maximum absolute atomic E-state index is 11.2. The smallest absolute Gasteiger partial charge is 0.336 e. The first-order valence-electron chi connectivity index (χ1n) is 7.12. The van der Waals surface area contributed by atoms with Crippen molar-refractivity contribution in [2.24, 2.45) is 0 Å². The molecule has 0 aliphatic rings. The third-order valence-electron chi connectivity index (χ3n) is 2.81. The number of rotatable bonds is 9. The van der Waals surface area contributed by atoms with Crippen LogP contribution in [0.5, 0.6) is 5.75 Å². The molecule has 0 aliphatic heterocycles. The van der Waals surface area contributed by atoms with Crippen LogP contribution in [0.4, 0.5) is 0 Å². The van der Waals surface area contributed by atoms with Crippen LogP contribution >= 0.6 is 0 Å². The summed E-state index contributed by atoms with van der Waals surface area (Å²) in [6.07, 6.45) is 1.02. The first kappa shape index (κ1) is 15.5. The Morgan fingerprint density at radius 2 is 1.67 bits per heavy atom. The van der Waals surface area contributed by atoms with Crippen molar-refractivity contribution in [2.75, 3.05) is 33.0 Å². The zero-order valence-corrected chi connectivity index (χ0v) is 12.2. The Hall–Kier alpha value is -1.85. The molecule has 0 N–H and O–H groups in total. The topological polar surface area (TPSA) is 57.9 Å². The summed E-state index contributed by atoms with van der Waals surface area (Å²) < 4.78 is 21.3. The van der Waals surface area contributed by atoms with Crippen LogP contribution in [-0.4, -0.2) is 33.0 Å². The number of ether oxygens (including phenoxy) is 3. The van der Waals surface area contributed by atoms with Gasteiger partial charge < -0.3 is 18.6 Å². The van der Waals surface area contributed by atoms with E-state index in [1.54, 1.807) is 12.1 Å². The lowest BCUT2D eigenvalue weighted by molar-refractivity contribution is 0.0366. The molecule has 0 atom stereocenters. The average molecular weight is 292 g/mol. The summed E-state index contributed by atoms with van der Waals surface area (Å²) >= 11 is 0. The average Bonchev–Trinajstić information content (AvgIpc) is 2.49. The van der Waals surface area contributed by atoms with E-state index < -0.39 is 0 Å². The molecule has 0 saturated heterocycles. The molecule has 0 saturated carbocycles. The van der Waals surface area contributed by atoms with E-state index in [1.165, 1.54) is 6.07 Å². The first-order valence-corrected chi connectivity index (χ1v) is 7.12. The lowest BCUT2D eigenvalue weighted by Gasteiger charge is -2.08. The normalized spacial score (nSPS) is 10.9. The van der Waals surface area contributed by atoms with E-state index in [2.05, 4.69) is 6.92 Å². The third-order valence-corrected chi connectivity index (χ3v) is 2.81. The monoisotopic (exact) mass is 292 g/mol. The van der Waals surface area contributed by atoms with E-state index in [0.29, 0.717) is 37.8 Å². The Morgan fingerprint density at radius 1 is 0.952 bits per heavy atom. The second-order valence-electron chi connectivity index (χ2n) is 4.53. The summed E-state index contributed by atoms with van der Waals surface area (Å²) in [7, 11) is 0. The molecule has 114 valence electrons. The Morgan fingerprint density at radius 3 is 2.48 bits per heavy atom. The molecule has 2 rings (SSSR count). The van der Waals surface area contributed by atoms with Crippen LogP contribution in [0.2, 0.25) is 0 Å². The number of benzene rings is 1. The van der Waals surface area contributed by atoms with Gasteiger partial charge in [0.2, 0.25) is 0 Å². The highest BCUT2D eigenvalue weighted by Crippen LogP contribution is 2.19. The summed E-state index contributed by atoms with van der Waals surface area (Å²) in [5.41, 5.74) is 0.156. The SMILES string of the molecule is CCCOCCOCCOc1ccc2ccc(=O)oc2c1. The van der Waals surface area contributed by atoms with E-state index in [9.17, 15) is 4.79 Å². The Bertz CT molecular complexity index is 605. The largest absolute Gasteiger partial charge is 0.491 e. The Kier molecular flexibility index (Phi) is 6.24. The summed E-state index contributed by atoms with van der Waals surface area (Å²) in [5, 5.41) is 0.867. The number of fused-ring (bicyclic) bond motifs is 1. The van der Waals surface area contributed by atoms with Gasteiger partial charge in [0.25, 0.3) is 0 Å². The zero-order valence-electron chi connectivity index (χ0n) is 12.2. The summed E-state index contributed by atoms with van der Waals surface area (Å²) in [5.74, 6) is 0.655. The molecule has 1 aromatic carbocycles. The van der Waals surface area contributed by atoms with Gasteiger partial charge in [-0.05, 0) is 24.6 Å². The van der Waals surface area contributed by atoms with Crippen LogP contribution in [0.1, 0.15) is 13.3 Å². The molecule has 2 aromatic rings. The lowest BCUT2D eigenvalue weighted by atomic mass is 10.2. The minimum Gasteiger partial charge on any atom is -0.491 e. The molecule has 1 heterocycles. The summed E-state index contributed by atoms with van der Waals surface area (Å²) in [6.45, 7) is 4.94. The van der Waals surface area contributed by atoms with Gasteiger partial charge in [-0.25, -0.2) is 4.79 Å². The predicted octanol–water partition coefficient (Wildman–Crippen LogP) is 2.62. The standard InChI is InChI=1S/C16H20O5/c1-2-7-18-8-9-19-10-11-20-14-5-3-13-4-6-16(17)21-15(13)12-14/h3-6,12H,2,7-11H2,1H3. The summed E-state index contributed by atoms with van der Waals surface area (Å²) in [4.78, 5) is 11.2. The predicted molar refractivity (Wildman–Crippen MR) is 79.9 cm³/mol. The fourth-order valence-corrected chi connectivity index (χ4v) is 1.82. The van der Waals surface area contributed by atoms with Crippen LogP contribution in [0, 0.1) is 0 Å². The van der Waals surface area contributed by atoms with E-state index in [1.807, 2.05) is 12.1 Å². The van der Waals surface area contributed by atoms with Crippen molar-refractivity contribution in [3.05, 3.63) is 40.8 Å². The van der Waals surface area contributed by atoms with Crippen molar-refractivity contribution >= 4 is 11.0 Å². The molecule has 0 fully saturated rings. The van der Waals surface area contributed by atoms with Gasteiger partial charge in [-0.2, -0.15) is 0 Å². The van der Waals surface area contributed by atoms with Gasteiger partial charge >= 0.3 is 5.63 Å². The van der Waals surface area contributed by atoms with Gasteiger partial charge in [0.1, 0.15) is 17.9 Å². The maximum atomic E-state index is 11.2. The van der Waals surface area contributed by atoms with Crippen LogP contribution < -0.4 is 10.4 Å². The lowest BCUT2D eigenvalue weighted by Crippen LogP contribution is -2.11. The van der Waals surface area contributed by atoms with E-state index in [0.717, 1.165) is 18.4 Å². The van der Waals surface area contributed by atoms with Crippen molar-refractivity contribution in [3.8, 4) is 5.75 Å². The third kappa shape index (κ3) is 5.21. The molecule has 5 nitrogen and oxygen atoms in total. The Balaban J connectivity index is 1.72. The van der Waals surface area contributed by atoms with Crippen LogP contribution in [0.3, 0.4) is 0 Å². The van der Waals surface area contributed by atoms with Gasteiger partial charge in [0.15, 0.2) is 0 Å². The number of hydrogen-bond acceptors (Lipinski definition) is 5. The molecule has 0 amide bonds. The van der Waals surface area contributed by atoms with Crippen LogP contribution in [0.25, 0.3) is 11.0 Å². The van der Waals surface area contributed by atoms with Crippen molar-refractivity contribution in [1.82, 2.24) is 0 Å². The maximum Gasteiger partial charge on any atom is 0.336 e. The molecule has 0 radical (unpaired) electrons. The van der Waals surface area contributed by atoms with E-state index in [-0.39, 0.29) is 5.63 Å². The van der Waals surface area contributed by atoms with Crippen LogP contribution in [0.15, 0.2) is 39.5 Å². The molecule has 21 heavy (non-hydrogen) atoms. The Labute approximate surface area is 123 Å². The van der Waals surface area contributed by atoms with Gasteiger partial charge in [-0.15, -0.1) is 0 Å². The minimum atomic E-state index is -0.366. The van der Waals surface area contributed by atoms with Crippen molar-refractivity contribution in [2.45, 2.75) is 13.3 Å². The molecule has 0 aliphatic carbocycles. The molecule has 0 spiro atoms. The van der Waals surface area contributed by atoms with E-state index in [4.69, 9.17) is 18.6 Å². The van der Waals surface area contributed by atoms with Crippen LogP contribution in [-0.2, 0) is 9.47 Å². The zero-order chi connectivity index (χ0) is 14.9. The minimum absolute atomic E-state index is 0.366. The van der Waals surface area contributed by atoms with E-state index >= 15 is 0 Å². The highest BCUT2D eigenvalue weighted by Gasteiger charge is 2.00. The first-order chi connectivity index (χ1) is 10.3. The van der Waals surface area contributed by atoms with Crippen molar-refractivity contribution in [3.63, 3.8) is 0 Å². The second kappa shape index (κ2) is 8.44. The highest BCUT2D eigenvalue weighted by atomic mass is 16.5. The molecular weight excluding hydrogens is 272 g/mol.